The fraction of sp³-hybridized carbons (Fsp3) is 0.368. The largest absolute Gasteiger partial charge is 2.00 e. The zero-order chi connectivity index (χ0) is 44.5. The van der Waals surface area contributed by atoms with E-state index in [0.717, 1.165) is 44.3 Å². The summed E-state index contributed by atoms with van der Waals surface area (Å²) in [4.78, 5) is 10.4. The minimum Gasteiger partial charge on any atom is -0.508 e. The van der Waals surface area contributed by atoms with Gasteiger partial charge in [-0.3, -0.25) is 4.99 Å². The van der Waals surface area contributed by atoms with Crippen LogP contribution >= 0.6 is 0 Å². The Balaban J connectivity index is 0.00000595. The van der Waals surface area contributed by atoms with Crippen LogP contribution in [0.4, 0.5) is 0 Å². The molecule has 8 rings (SSSR count). The summed E-state index contributed by atoms with van der Waals surface area (Å²) in [5, 5.41) is 2.25. The first-order valence-electron chi connectivity index (χ1n) is 22.4. The Morgan fingerprint density at radius 3 is 1.94 bits per heavy atom. The zero-order valence-electron chi connectivity index (χ0n) is 39.6. The summed E-state index contributed by atoms with van der Waals surface area (Å²) in [5.74, 6) is 3.35. The predicted octanol–water partition coefficient (Wildman–Crippen LogP) is 15.2. The molecule has 6 heteroatoms. The Morgan fingerprint density at radius 1 is 0.667 bits per heavy atom. The van der Waals surface area contributed by atoms with Crippen LogP contribution in [0.25, 0.3) is 38.8 Å². The van der Waals surface area contributed by atoms with Gasteiger partial charge in [0.2, 0.25) is 0 Å². The molecule has 1 aliphatic heterocycles. The molecule has 63 heavy (non-hydrogen) atoms. The SMILES string of the molecule is CC(C)c1cccc(C(C)C)c1-c1cc(Oc2[c-]c3c(cc2)c2cc(C(C)(C)C)ccc2n3-c2cc(C(C)(C)C)ccn2)[c-]c(C2=N[C@](C)(C(C)C)[C@@](C)(c3ccccc3)O2)c1.[Pt+2]. The second-order valence-corrected chi connectivity index (χ2v) is 20.6. The summed E-state index contributed by atoms with van der Waals surface area (Å²) in [6, 6.07) is 44.2. The van der Waals surface area contributed by atoms with Crippen LogP contribution in [0, 0.1) is 18.1 Å². The number of rotatable bonds is 9. The van der Waals surface area contributed by atoms with E-state index in [-0.39, 0.29) is 37.8 Å². The van der Waals surface area contributed by atoms with Crippen LogP contribution in [0.1, 0.15) is 142 Å². The maximum atomic E-state index is 7.12. The van der Waals surface area contributed by atoms with E-state index in [9.17, 15) is 0 Å². The molecule has 0 saturated heterocycles. The van der Waals surface area contributed by atoms with Crippen LogP contribution in [-0.4, -0.2) is 21.0 Å². The number of hydrogen-bond acceptors (Lipinski definition) is 4. The van der Waals surface area contributed by atoms with Crippen LogP contribution in [0.5, 0.6) is 11.5 Å². The second-order valence-electron chi connectivity index (χ2n) is 20.6. The fourth-order valence-corrected chi connectivity index (χ4v) is 9.10. The van der Waals surface area contributed by atoms with Crippen molar-refractivity contribution in [3.05, 3.63) is 155 Å². The van der Waals surface area contributed by atoms with Crippen molar-refractivity contribution in [2.45, 2.75) is 131 Å². The monoisotopic (exact) mass is 1020 g/mol. The molecular weight excluding hydrogens is 954 g/mol. The van der Waals surface area contributed by atoms with Gasteiger partial charge in [-0.2, -0.15) is 6.07 Å². The molecule has 328 valence electrons. The number of fused-ring (bicyclic) bond motifs is 3. The molecule has 0 bridgehead atoms. The minimum absolute atomic E-state index is 0. The number of hydrogen-bond donors (Lipinski definition) is 0. The molecule has 5 nitrogen and oxygen atoms in total. The van der Waals surface area contributed by atoms with Gasteiger partial charge in [0, 0.05) is 23.2 Å². The van der Waals surface area contributed by atoms with Crippen LogP contribution < -0.4 is 4.74 Å². The molecule has 1 aliphatic rings. The van der Waals surface area contributed by atoms with Gasteiger partial charge in [-0.25, -0.2) is 4.98 Å². The third-order valence-corrected chi connectivity index (χ3v) is 13.4. The molecule has 2 aromatic heterocycles. The quantitative estimate of drug-likeness (QED) is 0.135. The van der Waals surface area contributed by atoms with Gasteiger partial charge >= 0.3 is 21.1 Å². The normalized spacial score (nSPS) is 18.0. The molecule has 0 amide bonds. The van der Waals surface area contributed by atoms with Gasteiger partial charge in [-0.1, -0.05) is 173 Å². The van der Waals surface area contributed by atoms with Crippen LogP contribution in [0.15, 0.2) is 114 Å². The van der Waals surface area contributed by atoms with Gasteiger partial charge in [-0.15, -0.1) is 23.6 Å². The van der Waals surface area contributed by atoms with Crippen LogP contribution in [0.3, 0.4) is 0 Å². The standard InChI is InChI=1S/C57H63N3O2.Pt/c1-35(2)45-21-18-22-46(36(3)4)52(45)38-29-39(53-59-56(13,37(5)6)57(14,62-53)40-19-16-15-17-20-40)31-44(30-38)61-43-24-25-47-48-32-41(54(7,8)9)23-26-49(48)60(50(47)34-43)51-33-42(27-28-58-51)55(10,11)12;/h15-30,32-33,35-37H,1-14H3;/q-2;+2/t56-,57-;/m1./s1. The number of ether oxygens (including phenoxy) is 2. The Bertz CT molecular complexity index is 2810. The Labute approximate surface area is 390 Å². The van der Waals surface area contributed by atoms with E-state index in [1.54, 1.807) is 0 Å². The Morgan fingerprint density at radius 2 is 1.32 bits per heavy atom. The van der Waals surface area contributed by atoms with E-state index >= 15 is 0 Å². The third-order valence-electron chi connectivity index (χ3n) is 13.4. The van der Waals surface area contributed by atoms with Gasteiger partial charge < -0.3 is 14.0 Å². The zero-order valence-corrected chi connectivity index (χ0v) is 41.9. The first-order valence-corrected chi connectivity index (χ1v) is 22.4. The molecule has 0 saturated carbocycles. The average molecular weight is 1020 g/mol. The van der Waals surface area contributed by atoms with Crippen molar-refractivity contribution in [1.82, 2.24) is 9.55 Å². The van der Waals surface area contributed by atoms with E-state index in [2.05, 4.69) is 205 Å². The second kappa shape index (κ2) is 16.9. The van der Waals surface area contributed by atoms with E-state index in [1.807, 2.05) is 18.3 Å². The van der Waals surface area contributed by atoms with Gasteiger partial charge in [0.15, 0.2) is 0 Å². The van der Waals surface area contributed by atoms with E-state index in [1.165, 1.54) is 27.8 Å². The van der Waals surface area contributed by atoms with Gasteiger partial charge in [-0.05, 0) is 99.4 Å². The predicted molar refractivity (Wildman–Crippen MR) is 258 cm³/mol. The summed E-state index contributed by atoms with van der Waals surface area (Å²) in [5.41, 5.74) is 9.82. The van der Waals surface area contributed by atoms with E-state index in [4.69, 9.17) is 19.5 Å². The average Bonchev–Trinajstić information content (AvgIpc) is 3.71. The van der Waals surface area contributed by atoms with Gasteiger partial charge in [0.25, 0.3) is 0 Å². The van der Waals surface area contributed by atoms with E-state index in [0.29, 0.717) is 29.2 Å². The molecule has 0 fully saturated rings. The molecular formula is C57H63N3O2Pt. The summed E-state index contributed by atoms with van der Waals surface area (Å²) in [7, 11) is 0. The van der Waals surface area contributed by atoms with Crippen molar-refractivity contribution in [3.8, 4) is 28.4 Å². The first-order chi connectivity index (χ1) is 29.2. The molecule has 7 aromatic rings. The molecule has 0 unspecified atom stereocenters. The molecule has 2 atom stereocenters. The minimum atomic E-state index is -0.709. The summed E-state index contributed by atoms with van der Waals surface area (Å²) < 4.78 is 16.3. The maximum Gasteiger partial charge on any atom is 2.00 e. The number of pyridine rings is 1. The Kier molecular flexibility index (Phi) is 12.3. The summed E-state index contributed by atoms with van der Waals surface area (Å²) in [6.07, 6.45) is 1.92. The number of nitrogens with zero attached hydrogens (tertiary/aromatic N) is 3. The Hall–Kier alpha value is -4.99. The maximum absolute atomic E-state index is 7.12. The third kappa shape index (κ3) is 8.32. The number of aliphatic imine (C=N–C) groups is 1. The van der Waals surface area contributed by atoms with Crippen molar-refractivity contribution in [1.29, 1.82) is 0 Å². The van der Waals surface area contributed by atoms with Crippen molar-refractivity contribution in [2.75, 3.05) is 0 Å². The van der Waals surface area contributed by atoms with Crippen LogP contribution in [-0.2, 0) is 42.2 Å². The van der Waals surface area contributed by atoms with Crippen LogP contribution in [0.2, 0.25) is 0 Å². The molecule has 0 spiro atoms. The fourth-order valence-electron chi connectivity index (χ4n) is 9.10. The topological polar surface area (TPSA) is 48.6 Å². The number of benzene rings is 5. The number of aromatic nitrogens is 2. The molecule has 3 heterocycles. The van der Waals surface area contributed by atoms with Gasteiger partial charge in [0.1, 0.15) is 17.3 Å². The molecule has 5 aromatic carbocycles. The summed E-state index contributed by atoms with van der Waals surface area (Å²) >= 11 is 0. The van der Waals surface area contributed by atoms with E-state index < -0.39 is 11.1 Å². The van der Waals surface area contributed by atoms with Crippen molar-refractivity contribution >= 4 is 27.7 Å². The molecule has 0 aliphatic carbocycles. The molecule has 0 N–H and O–H groups in total. The molecule has 0 radical (unpaired) electrons. The smallest absolute Gasteiger partial charge is 0.508 e. The van der Waals surface area contributed by atoms with Gasteiger partial charge in [0.05, 0.1) is 5.54 Å². The van der Waals surface area contributed by atoms with Crippen molar-refractivity contribution < 1.29 is 30.5 Å². The van der Waals surface area contributed by atoms with Crippen molar-refractivity contribution in [3.63, 3.8) is 0 Å². The van der Waals surface area contributed by atoms with Crippen molar-refractivity contribution in [2.24, 2.45) is 10.9 Å². The first kappa shape index (κ1) is 46.0. The summed E-state index contributed by atoms with van der Waals surface area (Å²) in [6.45, 7) is 31.4.